The highest BCUT2D eigenvalue weighted by Gasteiger charge is 2.51. The molecule has 2 aromatic rings. The second-order valence-electron chi connectivity index (χ2n) is 7.23. The van der Waals surface area contributed by atoms with E-state index in [0.29, 0.717) is 18.8 Å². The van der Waals surface area contributed by atoms with Crippen molar-refractivity contribution >= 4 is 5.91 Å². The summed E-state index contributed by atoms with van der Waals surface area (Å²) in [6, 6.07) is 0. The van der Waals surface area contributed by atoms with E-state index in [-0.39, 0.29) is 17.2 Å². The van der Waals surface area contributed by atoms with Crippen molar-refractivity contribution in [1.82, 2.24) is 29.6 Å². The predicted octanol–water partition coefficient (Wildman–Crippen LogP) is 1.43. The monoisotopic (exact) mass is 356 g/mol. The fourth-order valence-corrected chi connectivity index (χ4v) is 4.21. The van der Waals surface area contributed by atoms with Gasteiger partial charge in [0.2, 0.25) is 0 Å². The average Bonchev–Trinajstić information content (AvgIpc) is 3.27. The lowest BCUT2D eigenvalue weighted by atomic mass is 9.71. The van der Waals surface area contributed by atoms with Crippen LogP contribution in [0.3, 0.4) is 0 Å². The summed E-state index contributed by atoms with van der Waals surface area (Å²) in [5, 5.41) is 8.51. The minimum atomic E-state index is -0.0616. The predicted molar refractivity (Wildman–Crippen MR) is 93.6 cm³/mol. The number of rotatable bonds is 3. The van der Waals surface area contributed by atoms with Gasteiger partial charge >= 0.3 is 0 Å². The first-order chi connectivity index (χ1) is 12.6. The summed E-state index contributed by atoms with van der Waals surface area (Å²) in [5.74, 6) is 1.07. The minimum absolute atomic E-state index is 0.00795. The Morgan fingerprint density at radius 1 is 1.31 bits per heavy atom. The molecule has 1 amide bonds. The zero-order chi connectivity index (χ0) is 18.1. The molecule has 4 rings (SSSR count). The lowest BCUT2D eigenvalue weighted by Crippen LogP contribution is -2.38. The number of nitrogens with zero attached hydrogens (tertiary/aromatic N) is 6. The second-order valence-corrected chi connectivity index (χ2v) is 7.23. The molecule has 0 aromatic carbocycles. The maximum absolute atomic E-state index is 13.0. The largest absolute Gasteiger partial charge is 0.381 e. The molecule has 8 nitrogen and oxygen atoms in total. The molecule has 0 N–H and O–H groups in total. The first-order valence-electron chi connectivity index (χ1n) is 9.16. The van der Waals surface area contributed by atoms with Gasteiger partial charge in [-0.15, -0.1) is 10.2 Å². The van der Waals surface area contributed by atoms with Crippen LogP contribution >= 0.6 is 0 Å². The Balaban J connectivity index is 1.65. The molecule has 2 fully saturated rings. The van der Waals surface area contributed by atoms with Gasteiger partial charge < -0.3 is 14.2 Å². The lowest BCUT2D eigenvalue weighted by Gasteiger charge is -2.37. The Morgan fingerprint density at radius 2 is 2.12 bits per heavy atom. The Bertz CT molecular complexity index is 781. The van der Waals surface area contributed by atoms with Crippen molar-refractivity contribution < 1.29 is 9.53 Å². The van der Waals surface area contributed by atoms with E-state index in [9.17, 15) is 4.79 Å². The SMILES string of the molecule is CCn1cnnc1C1CN(C(=O)c2cnc(C)cn2)CC12CCOCC2. The molecule has 2 saturated heterocycles. The van der Waals surface area contributed by atoms with Crippen LogP contribution in [0.2, 0.25) is 0 Å². The van der Waals surface area contributed by atoms with Gasteiger partial charge in [0.05, 0.1) is 11.9 Å². The lowest BCUT2D eigenvalue weighted by molar-refractivity contribution is 0.0107. The molecule has 0 saturated carbocycles. The number of likely N-dealkylation sites (tertiary alicyclic amines) is 1. The van der Waals surface area contributed by atoms with E-state index in [1.54, 1.807) is 18.7 Å². The van der Waals surface area contributed by atoms with Crippen LogP contribution in [0.4, 0.5) is 0 Å². The Kier molecular flexibility index (Phi) is 4.44. The number of ether oxygens (including phenoxy) is 1. The van der Waals surface area contributed by atoms with Crippen LogP contribution in [0.15, 0.2) is 18.7 Å². The highest BCUT2D eigenvalue weighted by molar-refractivity contribution is 5.92. The molecule has 1 atom stereocenters. The van der Waals surface area contributed by atoms with E-state index >= 15 is 0 Å². The van der Waals surface area contributed by atoms with Crippen LogP contribution in [0.5, 0.6) is 0 Å². The number of carbonyl (C=O) groups excluding carboxylic acids is 1. The molecule has 138 valence electrons. The Labute approximate surface area is 152 Å². The maximum Gasteiger partial charge on any atom is 0.274 e. The summed E-state index contributed by atoms with van der Waals surface area (Å²) in [5.41, 5.74) is 1.19. The van der Waals surface area contributed by atoms with Gasteiger partial charge in [-0.3, -0.25) is 9.78 Å². The van der Waals surface area contributed by atoms with Crippen molar-refractivity contribution in [3.63, 3.8) is 0 Å². The minimum Gasteiger partial charge on any atom is -0.381 e. The van der Waals surface area contributed by atoms with E-state index in [4.69, 9.17) is 4.74 Å². The molecule has 1 spiro atoms. The Hall–Kier alpha value is -2.35. The van der Waals surface area contributed by atoms with Gasteiger partial charge in [-0.2, -0.15) is 0 Å². The van der Waals surface area contributed by atoms with Gasteiger partial charge in [0.1, 0.15) is 17.8 Å². The zero-order valence-corrected chi connectivity index (χ0v) is 15.3. The van der Waals surface area contributed by atoms with Crippen molar-refractivity contribution in [3.05, 3.63) is 35.9 Å². The van der Waals surface area contributed by atoms with Crippen molar-refractivity contribution in [1.29, 1.82) is 0 Å². The molecule has 2 aliphatic heterocycles. The number of carbonyl (C=O) groups is 1. The number of hydrogen-bond donors (Lipinski definition) is 0. The number of aryl methyl sites for hydroxylation is 2. The molecule has 26 heavy (non-hydrogen) atoms. The standard InChI is InChI=1S/C18H24N6O2/c1-3-23-12-21-22-16(23)14-10-24(11-18(14)4-6-26-7-5-18)17(25)15-9-19-13(2)8-20-15/h8-9,12,14H,3-7,10-11H2,1-2H3. The summed E-state index contributed by atoms with van der Waals surface area (Å²) in [7, 11) is 0. The molecule has 0 radical (unpaired) electrons. The van der Waals surface area contributed by atoms with Crippen LogP contribution in [0, 0.1) is 12.3 Å². The van der Waals surface area contributed by atoms with Crippen LogP contribution in [0.25, 0.3) is 0 Å². The zero-order valence-electron chi connectivity index (χ0n) is 15.3. The van der Waals surface area contributed by atoms with E-state index in [2.05, 4.69) is 31.7 Å². The van der Waals surface area contributed by atoms with Crippen molar-refractivity contribution in [2.75, 3.05) is 26.3 Å². The highest BCUT2D eigenvalue weighted by atomic mass is 16.5. The summed E-state index contributed by atoms with van der Waals surface area (Å²) < 4.78 is 7.69. The molecule has 0 aliphatic carbocycles. The normalized spacial score (nSPS) is 22.1. The topological polar surface area (TPSA) is 86.0 Å². The first-order valence-corrected chi connectivity index (χ1v) is 9.16. The average molecular weight is 356 g/mol. The molecule has 2 aliphatic rings. The van der Waals surface area contributed by atoms with Crippen molar-refractivity contribution in [3.8, 4) is 0 Å². The van der Waals surface area contributed by atoms with E-state index in [0.717, 1.165) is 44.1 Å². The third-order valence-corrected chi connectivity index (χ3v) is 5.72. The fourth-order valence-electron chi connectivity index (χ4n) is 4.21. The number of hydrogen-bond acceptors (Lipinski definition) is 6. The number of aromatic nitrogens is 5. The molecule has 4 heterocycles. The van der Waals surface area contributed by atoms with Crippen LogP contribution < -0.4 is 0 Å². The van der Waals surface area contributed by atoms with Gasteiger partial charge in [-0.05, 0) is 26.7 Å². The van der Waals surface area contributed by atoms with E-state index in [1.807, 2.05) is 11.8 Å². The third kappa shape index (κ3) is 2.88. The summed E-state index contributed by atoms with van der Waals surface area (Å²) in [4.78, 5) is 23.4. The fraction of sp³-hybridized carbons (Fsp3) is 0.611. The molecular formula is C18H24N6O2. The van der Waals surface area contributed by atoms with Gasteiger partial charge in [0.25, 0.3) is 5.91 Å². The second kappa shape index (κ2) is 6.75. The van der Waals surface area contributed by atoms with Crippen LogP contribution in [-0.2, 0) is 11.3 Å². The van der Waals surface area contributed by atoms with Crippen LogP contribution in [0.1, 0.15) is 47.7 Å². The molecule has 0 bridgehead atoms. The number of amides is 1. The van der Waals surface area contributed by atoms with Gasteiger partial charge in [-0.25, -0.2) is 4.98 Å². The first kappa shape index (κ1) is 17.1. The van der Waals surface area contributed by atoms with E-state index in [1.165, 1.54) is 0 Å². The van der Waals surface area contributed by atoms with Crippen LogP contribution in [-0.4, -0.2) is 61.8 Å². The quantitative estimate of drug-likeness (QED) is 0.827. The Morgan fingerprint density at radius 3 is 2.81 bits per heavy atom. The van der Waals surface area contributed by atoms with Gasteiger partial charge in [0, 0.05) is 50.4 Å². The van der Waals surface area contributed by atoms with Crippen molar-refractivity contribution in [2.24, 2.45) is 5.41 Å². The molecule has 1 unspecified atom stereocenters. The highest BCUT2D eigenvalue weighted by Crippen LogP contribution is 2.49. The van der Waals surface area contributed by atoms with Gasteiger partial charge in [0.15, 0.2) is 0 Å². The molecular weight excluding hydrogens is 332 g/mol. The van der Waals surface area contributed by atoms with Crippen molar-refractivity contribution in [2.45, 2.75) is 39.2 Å². The summed E-state index contributed by atoms with van der Waals surface area (Å²) in [6.07, 6.45) is 6.84. The summed E-state index contributed by atoms with van der Waals surface area (Å²) in [6.45, 7) is 7.55. The molecule has 2 aromatic heterocycles. The maximum atomic E-state index is 13.0. The molecule has 8 heteroatoms. The van der Waals surface area contributed by atoms with E-state index < -0.39 is 0 Å². The third-order valence-electron chi connectivity index (χ3n) is 5.72. The van der Waals surface area contributed by atoms with Gasteiger partial charge in [-0.1, -0.05) is 0 Å². The smallest absolute Gasteiger partial charge is 0.274 e. The summed E-state index contributed by atoms with van der Waals surface area (Å²) >= 11 is 0.